The average molecular weight is 523 g/mol. The molecule has 9 nitrogen and oxygen atoms in total. The normalized spacial score (nSPS) is 17.1. The first-order valence-corrected chi connectivity index (χ1v) is 12.7. The Kier molecular flexibility index (Phi) is 7.71. The van der Waals surface area contributed by atoms with Gasteiger partial charge in [0.05, 0.1) is 18.8 Å². The first-order valence-electron chi connectivity index (χ1n) is 12.7. The maximum Gasteiger partial charge on any atom is 0.410 e. The number of carbonyl (C=O) groups is 2. The van der Waals surface area contributed by atoms with Crippen LogP contribution in [0, 0.1) is 5.95 Å². The van der Waals surface area contributed by atoms with Gasteiger partial charge in [-0.05, 0) is 69.5 Å². The molecule has 0 radical (unpaired) electrons. The third-order valence-electron chi connectivity index (χ3n) is 6.39. The van der Waals surface area contributed by atoms with Gasteiger partial charge in [0.25, 0.3) is 0 Å². The number of fused-ring (bicyclic) bond motifs is 1. The van der Waals surface area contributed by atoms with Crippen LogP contribution in [0.5, 0.6) is 0 Å². The zero-order valence-corrected chi connectivity index (χ0v) is 22.7. The van der Waals surface area contributed by atoms with Crippen molar-refractivity contribution in [3.8, 4) is 11.1 Å². The van der Waals surface area contributed by atoms with E-state index in [1.54, 1.807) is 41.9 Å². The Morgan fingerprint density at radius 1 is 1.21 bits per heavy atom. The van der Waals surface area contributed by atoms with Gasteiger partial charge < -0.3 is 19.9 Å². The van der Waals surface area contributed by atoms with Crippen LogP contribution < -0.4 is 10.2 Å². The second-order valence-electron chi connectivity index (χ2n) is 10.7. The molecule has 38 heavy (non-hydrogen) atoms. The molecular formula is C28H35FN6O3. The molecule has 0 saturated heterocycles. The molecule has 0 fully saturated rings. The zero-order chi connectivity index (χ0) is 27.6. The fraction of sp³-hybridized carbons (Fsp3) is 0.429. The number of likely N-dealkylation sites (N-methyl/N-ethyl adjacent to an activating group) is 1. The van der Waals surface area contributed by atoms with E-state index in [9.17, 15) is 14.0 Å². The van der Waals surface area contributed by atoms with Gasteiger partial charge in [-0.3, -0.25) is 9.48 Å². The van der Waals surface area contributed by atoms with Crippen molar-refractivity contribution in [2.75, 3.05) is 23.8 Å². The molecule has 4 rings (SSSR count). The van der Waals surface area contributed by atoms with Crippen LogP contribution in [0.4, 0.5) is 20.7 Å². The highest BCUT2D eigenvalue weighted by atomic mass is 19.1. The number of nitrogens with zero attached hydrogens (tertiary/aromatic N) is 5. The molecule has 1 N–H and O–H groups in total. The highest BCUT2D eigenvalue weighted by Gasteiger charge is 2.33. The van der Waals surface area contributed by atoms with E-state index in [1.165, 1.54) is 11.0 Å². The minimum atomic E-state index is -0.553. The van der Waals surface area contributed by atoms with Gasteiger partial charge in [0, 0.05) is 44.0 Å². The van der Waals surface area contributed by atoms with Gasteiger partial charge in [0.2, 0.25) is 11.9 Å². The van der Waals surface area contributed by atoms with Crippen LogP contribution in [0.2, 0.25) is 0 Å². The lowest BCUT2D eigenvalue weighted by Gasteiger charge is -2.39. The molecule has 1 aliphatic heterocycles. The summed E-state index contributed by atoms with van der Waals surface area (Å²) in [6.07, 6.45) is 3.97. The second kappa shape index (κ2) is 10.8. The SMILES string of the molecule is CC(=O)N1c2ccc(-c3cnn(CCN(C)C(=O)OC(C)(C)C)c3)cc2C(Nc2cccc(F)n2)CC1C. The highest BCUT2D eigenvalue weighted by Crippen LogP contribution is 2.41. The molecule has 1 aromatic carbocycles. The maximum atomic E-state index is 13.7. The van der Waals surface area contributed by atoms with Crippen molar-refractivity contribution in [3.63, 3.8) is 0 Å². The third kappa shape index (κ3) is 6.30. The smallest absolute Gasteiger partial charge is 0.410 e. The number of pyridine rings is 1. The number of aromatic nitrogens is 3. The molecule has 3 aromatic rings. The Morgan fingerprint density at radius 3 is 2.66 bits per heavy atom. The number of carbonyl (C=O) groups excluding carboxylic acids is 2. The average Bonchev–Trinajstić information content (AvgIpc) is 3.30. The number of ether oxygens (including phenoxy) is 1. The summed E-state index contributed by atoms with van der Waals surface area (Å²) >= 11 is 0. The van der Waals surface area contributed by atoms with Crippen LogP contribution in [0.1, 0.15) is 52.6 Å². The lowest BCUT2D eigenvalue weighted by Crippen LogP contribution is -2.43. The van der Waals surface area contributed by atoms with Crippen molar-refractivity contribution in [2.45, 2.75) is 65.3 Å². The molecule has 2 atom stereocenters. The van der Waals surface area contributed by atoms with Crippen molar-refractivity contribution >= 4 is 23.5 Å². The first-order chi connectivity index (χ1) is 17.9. The largest absolute Gasteiger partial charge is 0.444 e. The monoisotopic (exact) mass is 522 g/mol. The molecular weight excluding hydrogens is 487 g/mol. The predicted octanol–water partition coefficient (Wildman–Crippen LogP) is 5.25. The van der Waals surface area contributed by atoms with E-state index in [2.05, 4.69) is 15.4 Å². The lowest BCUT2D eigenvalue weighted by atomic mass is 9.89. The quantitative estimate of drug-likeness (QED) is 0.445. The second-order valence-corrected chi connectivity index (χ2v) is 10.7. The number of nitrogens with one attached hydrogen (secondary N) is 1. The van der Waals surface area contributed by atoms with Crippen molar-refractivity contribution in [1.29, 1.82) is 0 Å². The van der Waals surface area contributed by atoms with E-state index in [-0.39, 0.29) is 24.1 Å². The summed E-state index contributed by atoms with van der Waals surface area (Å²) in [5.74, 6) is -0.143. The molecule has 10 heteroatoms. The maximum absolute atomic E-state index is 13.7. The summed E-state index contributed by atoms with van der Waals surface area (Å²) in [7, 11) is 1.70. The minimum absolute atomic E-state index is 0.0317. The number of hydrogen-bond acceptors (Lipinski definition) is 6. The third-order valence-corrected chi connectivity index (χ3v) is 6.39. The molecule has 2 amide bonds. The molecule has 0 aliphatic carbocycles. The standard InChI is InChI=1S/C28H35FN6O3/c1-18-14-23(31-26-9-7-8-25(29)32-26)22-15-20(10-11-24(22)35(18)19(2)36)21-16-30-34(17-21)13-12-33(6)27(37)38-28(3,4)5/h7-11,15-18,23H,12-14H2,1-6H3,(H,31,32). The molecule has 0 spiro atoms. The van der Waals surface area contributed by atoms with Gasteiger partial charge in [-0.1, -0.05) is 12.1 Å². The van der Waals surface area contributed by atoms with Crippen LogP contribution in [0.15, 0.2) is 48.8 Å². The summed E-state index contributed by atoms with van der Waals surface area (Å²) in [5, 5.41) is 7.82. The number of benzene rings is 1. The van der Waals surface area contributed by atoms with E-state index in [0.717, 1.165) is 22.4 Å². The van der Waals surface area contributed by atoms with Gasteiger partial charge >= 0.3 is 6.09 Å². The molecule has 2 aromatic heterocycles. The van der Waals surface area contributed by atoms with Crippen LogP contribution >= 0.6 is 0 Å². The predicted molar refractivity (Wildman–Crippen MR) is 144 cm³/mol. The van der Waals surface area contributed by atoms with E-state index >= 15 is 0 Å². The number of rotatable bonds is 6. The highest BCUT2D eigenvalue weighted by molar-refractivity contribution is 5.94. The van der Waals surface area contributed by atoms with Gasteiger partial charge in [-0.2, -0.15) is 9.49 Å². The lowest BCUT2D eigenvalue weighted by molar-refractivity contribution is -0.117. The van der Waals surface area contributed by atoms with Crippen molar-refractivity contribution in [1.82, 2.24) is 19.7 Å². The summed E-state index contributed by atoms with van der Waals surface area (Å²) in [6.45, 7) is 10.0. The molecule has 1 aliphatic rings. The molecule has 0 bridgehead atoms. The molecule has 0 saturated carbocycles. The molecule has 3 heterocycles. The van der Waals surface area contributed by atoms with Crippen LogP contribution in [-0.4, -0.2) is 56.9 Å². The van der Waals surface area contributed by atoms with Crippen LogP contribution in [0.25, 0.3) is 11.1 Å². The van der Waals surface area contributed by atoms with E-state index in [4.69, 9.17) is 4.74 Å². The van der Waals surface area contributed by atoms with Gasteiger partial charge in [0.15, 0.2) is 0 Å². The zero-order valence-electron chi connectivity index (χ0n) is 22.7. The summed E-state index contributed by atoms with van der Waals surface area (Å²) in [6, 6.07) is 10.4. The molecule has 2 unspecified atom stereocenters. The van der Waals surface area contributed by atoms with Gasteiger partial charge in [-0.15, -0.1) is 0 Å². The Labute approximate surface area is 222 Å². The Morgan fingerprint density at radius 2 is 1.97 bits per heavy atom. The first kappa shape index (κ1) is 27.1. The number of halogens is 1. The number of hydrogen-bond donors (Lipinski definition) is 1. The van der Waals surface area contributed by atoms with Crippen LogP contribution in [0.3, 0.4) is 0 Å². The fourth-order valence-corrected chi connectivity index (χ4v) is 4.65. The summed E-state index contributed by atoms with van der Waals surface area (Å²) in [5.41, 5.74) is 3.04. The van der Waals surface area contributed by atoms with E-state index < -0.39 is 11.5 Å². The number of anilines is 2. The van der Waals surface area contributed by atoms with Crippen molar-refractivity contribution in [3.05, 3.63) is 60.3 Å². The van der Waals surface area contributed by atoms with Crippen molar-refractivity contribution < 1.29 is 18.7 Å². The fourth-order valence-electron chi connectivity index (χ4n) is 4.65. The summed E-state index contributed by atoms with van der Waals surface area (Å²) in [4.78, 5) is 32.0. The summed E-state index contributed by atoms with van der Waals surface area (Å²) < 4.78 is 20.9. The Hall–Kier alpha value is -3.95. The topological polar surface area (TPSA) is 92.6 Å². The van der Waals surface area contributed by atoms with Gasteiger partial charge in [-0.25, -0.2) is 9.78 Å². The number of amides is 2. The van der Waals surface area contributed by atoms with Gasteiger partial charge in [0.1, 0.15) is 11.4 Å². The minimum Gasteiger partial charge on any atom is -0.444 e. The van der Waals surface area contributed by atoms with Crippen LogP contribution in [-0.2, 0) is 16.1 Å². The molecule has 202 valence electrons. The van der Waals surface area contributed by atoms with E-state index in [0.29, 0.717) is 25.3 Å². The Balaban J connectivity index is 1.56. The Bertz CT molecular complexity index is 1320. The van der Waals surface area contributed by atoms with E-state index in [1.807, 2.05) is 52.1 Å². The van der Waals surface area contributed by atoms with Crippen molar-refractivity contribution in [2.24, 2.45) is 0 Å².